The van der Waals surface area contributed by atoms with Gasteiger partial charge in [0, 0.05) is 47.8 Å². The van der Waals surface area contributed by atoms with Crippen LogP contribution in [-0.4, -0.2) is 65.1 Å². The summed E-state index contributed by atoms with van der Waals surface area (Å²) < 4.78 is 13.6. The maximum atomic E-state index is 13.6. The van der Waals surface area contributed by atoms with Crippen molar-refractivity contribution >= 4 is 34.1 Å². The molecule has 6 nitrogen and oxygen atoms in total. The summed E-state index contributed by atoms with van der Waals surface area (Å²) in [5.74, 6) is -0.155. The van der Waals surface area contributed by atoms with Crippen LogP contribution in [0.3, 0.4) is 0 Å². The number of carbonyl (C=O) groups excluding carboxylic acids is 1. The highest BCUT2D eigenvalue weighted by atomic mass is 35.5. The second-order valence-corrected chi connectivity index (χ2v) is 8.18. The maximum Gasteiger partial charge on any atom is 0.237 e. The SMILES string of the molecule is N#C[C@@H]1C[C@H](F)CN1C(=O)CN1CCC(Nc2ccnc3ccc(Cl)cc23)CC1. The Labute approximate surface area is 174 Å². The lowest BCUT2D eigenvalue weighted by Crippen LogP contribution is -2.46. The summed E-state index contributed by atoms with van der Waals surface area (Å²) in [5, 5.41) is 14.4. The first kappa shape index (κ1) is 19.9. The second kappa shape index (κ2) is 8.52. The van der Waals surface area contributed by atoms with Gasteiger partial charge in [0.25, 0.3) is 0 Å². The van der Waals surface area contributed by atoms with Crippen molar-refractivity contribution in [1.82, 2.24) is 14.8 Å². The van der Waals surface area contributed by atoms with E-state index in [1.54, 1.807) is 6.20 Å². The normalized spacial score (nSPS) is 23.3. The van der Waals surface area contributed by atoms with E-state index in [9.17, 15) is 9.18 Å². The average molecular weight is 416 g/mol. The number of carbonyl (C=O) groups is 1. The van der Waals surface area contributed by atoms with Crippen LogP contribution in [0.4, 0.5) is 10.1 Å². The fourth-order valence-electron chi connectivity index (χ4n) is 4.16. The van der Waals surface area contributed by atoms with Gasteiger partial charge >= 0.3 is 0 Å². The van der Waals surface area contributed by atoms with Gasteiger partial charge in [-0.25, -0.2) is 4.39 Å². The number of hydrogen-bond donors (Lipinski definition) is 1. The molecule has 2 fully saturated rings. The van der Waals surface area contributed by atoms with Crippen LogP contribution in [-0.2, 0) is 4.79 Å². The molecule has 0 unspecified atom stereocenters. The van der Waals surface area contributed by atoms with Crippen LogP contribution in [0.25, 0.3) is 10.9 Å². The molecule has 0 radical (unpaired) electrons. The largest absolute Gasteiger partial charge is 0.382 e. The molecule has 1 aromatic carbocycles. The Morgan fingerprint density at radius 1 is 1.34 bits per heavy atom. The smallest absolute Gasteiger partial charge is 0.237 e. The molecule has 1 amide bonds. The predicted molar refractivity (Wildman–Crippen MR) is 110 cm³/mol. The summed E-state index contributed by atoms with van der Waals surface area (Å²) in [6, 6.07) is 9.31. The van der Waals surface area contributed by atoms with Crippen LogP contribution in [0.15, 0.2) is 30.5 Å². The summed E-state index contributed by atoms with van der Waals surface area (Å²) >= 11 is 6.14. The van der Waals surface area contributed by atoms with E-state index >= 15 is 0 Å². The number of nitriles is 1. The first-order valence-electron chi connectivity index (χ1n) is 9.90. The zero-order chi connectivity index (χ0) is 20.4. The molecule has 152 valence electrons. The number of hydrogen-bond acceptors (Lipinski definition) is 5. The van der Waals surface area contributed by atoms with Crippen LogP contribution in [0.5, 0.6) is 0 Å². The lowest BCUT2D eigenvalue weighted by Gasteiger charge is -2.33. The molecule has 2 atom stereocenters. The molecular weight excluding hydrogens is 393 g/mol. The van der Waals surface area contributed by atoms with Crippen molar-refractivity contribution in [1.29, 1.82) is 5.26 Å². The van der Waals surface area contributed by atoms with Crippen LogP contribution in [0.1, 0.15) is 19.3 Å². The number of halogens is 2. The van der Waals surface area contributed by atoms with E-state index in [0.29, 0.717) is 11.1 Å². The van der Waals surface area contributed by atoms with E-state index in [-0.39, 0.29) is 25.4 Å². The molecule has 2 saturated heterocycles. The monoisotopic (exact) mass is 415 g/mol. The minimum Gasteiger partial charge on any atom is -0.382 e. The number of aromatic nitrogens is 1. The van der Waals surface area contributed by atoms with Gasteiger partial charge in [-0.3, -0.25) is 14.7 Å². The summed E-state index contributed by atoms with van der Waals surface area (Å²) in [6.45, 7) is 1.83. The van der Waals surface area contributed by atoms with E-state index in [1.807, 2.05) is 30.3 Å². The Morgan fingerprint density at radius 2 is 2.14 bits per heavy atom. The van der Waals surface area contributed by atoms with Crippen molar-refractivity contribution in [2.75, 3.05) is 31.5 Å². The quantitative estimate of drug-likeness (QED) is 0.830. The highest BCUT2D eigenvalue weighted by molar-refractivity contribution is 6.31. The molecule has 0 aliphatic carbocycles. The number of alkyl halides is 1. The van der Waals surface area contributed by atoms with Crippen molar-refractivity contribution < 1.29 is 9.18 Å². The van der Waals surface area contributed by atoms with Crippen molar-refractivity contribution in [2.24, 2.45) is 0 Å². The second-order valence-electron chi connectivity index (χ2n) is 7.74. The van der Waals surface area contributed by atoms with E-state index in [2.05, 4.69) is 15.2 Å². The van der Waals surface area contributed by atoms with Crippen LogP contribution in [0, 0.1) is 11.3 Å². The average Bonchev–Trinajstić information content (AvgIpc) is 3.11. The molecule has 2 aliphatic heterocycles. The Hall–Kier alpha value is -2.43. The standard InChI is InChI=1S/C21H23ClFN5O/c22-14-1-2-19-18(9-14)20(3-6-25-19)26-16-4-7-27(8-5-16)13-21(29)28-12-15(23)10-17(28)11-24/h1-3,6,9,15-17H,4-5,7-8,10,12-13H2,(H,25,26)/t15-,17-/m0/s1. The summed E-state index contributed by atoms with van der Waals surface area (Å²) in [5.41, 5.74) is 1.90. The molecule has 1 N–H and O–H groups in total. The predicted octanol–water partition coefficient (Wildman–Crippen LogP) is 3.23. The van der Waals surface area contributed by atoms with Crippen molar-refractivity contribution in [3.8, 4) is 6.07 Å². The third-order valence-corrected chi connectivity index (χ3v) is 5.96. The fraction of sp³-hybridized carbons (Fsp3) is 0.476. The minimum absolute atomic E-state index is 0.0345. The number of likely N-dealkylation sites (tertiary alicyclic amines) is 2. The lowest BCUT2D eigenvalue weighted by atomic mass is 10.0. The number of rotatable bonds is 4. The van der Waals surface area contributed by atoms with Gasteiger partial charge in [-0.2, -0.15) is 5.26 Å². The number of fused-ring (bicyclic) bond motifs is 1. The summed E-state index contributed by atoms with van der Waals surface area (Å²) in [4.78, 5) is 20.4. The first-order valence-corrected chi connectivity index (χ1v) is 10.3. The number of nitrogens with zero attached hydrogens (tertiary/aromatic N) is 4. The minimum atomic E-state index is -1.10. The molecule has 8 heteroatoms. The van der Waals surface area contributed by atoms with Crippen molar-refractivity contribution in [2.45, 2.75) is 37.5 Å². The number of pyridine rings is 1. The molecule has 0 bridgehead atoms. The van der Waals surface area contributed by atoms with Crippen LogP contribution in [0.2, 0.25) is 5.02 Å². The van der Waals surface area contributed by atoms with Gasteiger partial charge in [0.05, 0.1) is 24.7 Å². The van der Waals surface area contributed by atoms with Gasteiger partial charge in [-0.15, -0.1) is 0 Å². The first-order chi connectivity index (χ1) is 14.0. The lowest BCUT2D eigenvalue weighted by molar-refractivity contribution is -0.132. The maximum absolute atomic E-state index is 13.6. The Morgan fingerprint density at radius 3 is 2.90 bits per heavy atom. The summed E-state index contributed by atoms with van der Waals surface area (Å²) in [6.07, 6.45) is 2.60. The van der Waals surface area contributed by atoms with E-state index in [1.165, 1.54) is 4.90 Å². The topological polar surface area (TPSA) is 72.3 Å². The zero-order valence-corrected chi connectivity index (χ0v) is 16.8. The molecule has 4 rings (SSSR count). The molecule has 2 aromatic rings. The Kier molecular flexibility index (Phi) is 5.84. The number of nitrogens with one attached hydrogen (secondary N) is 1. The van der Waals surface area contributed by atoms with Gasteiger partial charge in [-0.05, 0) is 37.1 Å². The molecule has 29 heavy (non-hydrogen) atoms. The molecular formula is C21H23ClFN5O. The zero-order valence-electron chi connectivity index (χ0n) is 16.0. The Bertz CT molecular complexity index is 940. The summed E-state index contributed by atoms with van der Waals surface area (Å²) in [7, 11) is 0. The van der Waals surface area contributed by atoms with Gasteiger partial charge in [-0.1, -0.05) is 11.6 Å². The third kappa shape index (κ3) is 4.44. The highest BCUT2D eigenvalue weighted by Crippen LogP contribution is 2.27. The van der Waals surface area contributed by atoms with Gasteiger partial charge in [0.15, 0.2) is 0 Å². The van der Waals surface area contributed by atoms with Crippen molar-refractivity contribution in [3.63, 3.8) is 0 Å². The molecule has 1 aromatic heterocycles. The number of amides is 1. The molecule has 0 spiro atoms. The van der Waals surface area contributed by atoms with Crippen molar-refractivity contribution in [3.05, 3.63) is 35.5 Å². The highest BCUT2D eigenvalue weighted by Gasteiger charge is 2.36. The molecule has 3 heterocycles. The van der Waals surface area contributed by atoms with Crippen LogP contribution < -0.4 is 5.32 Å². The molecule has 0 saturated carbocycles. The molecule has 2 aliphatic rings. The van der Waals surface area contributed by atoms with E-state index in [0.717, 1.165) is 42.5 Å². The Balaban J connectivity index is 1.33. The fourth-order valence-corrected chi connectivity index (χ4v) is 4.34. The number of benzene rings is 1. The van der Waals surface area contributed by atoms with Gasteiger partial charge in [0.1, 0.15) is 12.2 Å². The van der Waals surface area contributed by atoms with E-state index in [4.69, 9.17) is 16.9 Å². The van der Waals surface area contributed by atoms with Crippen LogP contribution >= 0.6 is 11.6 Å². The van der Waals surface area contributed by atoms with Gasteiger partial charge in [0.2, 0.25) is 5.91 Å². The van der Waals surface area contributed by atoms with Gasteiger partial charge < -0.3 is 10.2 Å². The third-order valence-electron chi connectivity index (χ3n) is 5.73. The van der Waals surface area contributed by atoms with E-state index < -0.39 is 12.2 Å². The number of anilines is 1. The number of piperidine rings is 1.